The Hall–Kier alpha value is -8.33. The molecule has 8 atom stereocenters. The summed E-state index contributed by atoms with van der Waals surface area (Å²) in [5.74, 6) is -7.98. The summed E-state index contributed by atoms with van der Waals surface area (Å²) in [5, 5.41) is 44.9. The first kappa shape index (κ1) is 88.0. The van der Waals surface area contributed by atoms with Crippen LogP contribution >= 0.6 is 80.6 Å². The second-order valence-corrected chi connectivity index (χ2v) is 32.0. The number of carboxylic acid groups (broad SMARTS) is 3. The van der Waals surface area contributed by atoms with E-state index in [1.165, 1.54) is 87.4 Å². The molecule has 6 aliphatic rings. The lowest BCUT2D eigenvalue weighted by molar-refractivity contribution is -0.162. The van der Waals surface area contributed by atoms with E-state index < -0.39 is 102 Å². The summed E-state index contributed by atoms with van der Waals surface area (Å²) in [5.41, 5.74) is 3.13. The number of ether oxygens (including phenoxy) is 5. The molecule has 0 saturated carbocycles. The highest BCUT2D eigenvalue weighted by molar-refractivity contribution is 7.99. The summed E-state index contributed by atoms with van der Waals surface area (Å²) >= 11 is 25.1. The quantitative estimate of drug-likeness (QED) is 0.0151. The molecule has 6 aliphatic heterocycles. The Balaban J connectivity index is 0.000000181. The van der Waals surface area contributed by atoms with Gasteiger partial charge in [0, 0.05) is 153 Å². The van der Waals surface area contributed by atoms with Crippen LogP contribution in [0.1, 0.15) is 117 Å². The number of carbonyl (C=O) groups excluding carboxylic acids is 3. The normalized spacial score (nSPS) is 21.3. The predicted octanol–water partition coefficient (Wildman–Crippen LogP) is 12.5. The zero-order chi connectivity index (χ0) is 82.1. The molecule has 114 heavy (non-hydrogen) atoms. The molecule has 2 unspecified atom stereocenters. The molecule has 3 saturated heterocycles. The van der Waals surface area contributed by atoms with Crippen LogP contribution in [0.2, 0.25) is 15.1 Å². The van der Waals surface area contributed by atoms with Gasteiger partial charge in [0.2, 0.25) is 0 Å². The van der Waals surface area contributed by atoms with Gasteiger partial charge in [0.05, 0.1) is 74.4 Å². The summed E-state index contributed by atoms with van der Waals surface area (Å²) in [6, 6.07) is 7.15. The fourth-order valence-electron chi connectivity index (χ4n) is 13.7. The lowest BCUT2D eigenvalue weighted by Crippen LogP contribution is -2.57. The van der Waals surface area contributed by atoms with E-state index >= 15 is 0 Å². The minimum atomic E-state index is -3.61. The number of hydrogen-bond donors (Lipinski definition) is 6. The van der Waals surface area contributed by atoms with Crippen LogP contribution in [0.15, 0.2) is 138 Å². The molecule has 6 N–H and O–H groups in total. The van der Waals surface area contributed by atoms with Crippen LogP contribution in [0, 0.1) is 29.3 Å². The number of hydrogen-bond acceptors (Lipinski definition) is 27. The number of carbonyl (C=O) groups is 6. The van der Waals surface area contributed by atoms with Crippen molar-refractivity contribution in [2.45, 2.75) is 116 Å². The predicted molar refractivity (Wildman–Crippen MR) is 423 cm³/mol. The van der Waals surface area contributed by atoms with E-state index in [4.69, 9.17) is 73.6 Å². The van der Waals surface area contributed by atoms with Crippen molar-refractivity contribution in [3.8, 4) is 0 Å². The zero-order valence-corrected chi connectivity index (χ0v) is 68.1. The number of thiazole rings is 3. The highest BCUT2D eigenvalue weighted by Crippen LogP contribution is 2.42. The van der Waals surface area contributed by atoms with Crippen molar-refractivity contribution in [1.82, 2.24) is 45.6 Å². The van der Waals surface area contributed by atoms with Crippen molar-refractivity contribution in [2.24, 2.45) is 26.8 Å². The highest BCUT2D eigenvalue weighted by Gasteiger charge is 2.48. The first-order valence-electron chi connectivity index (χ1n) is 36.4. The number of aromatic nitrogens is 3. The van der Waals surface area contributed by atoms with Gasteiger partial charge in [-0.05, 0) is 75.9 Å². The molecule has 12 rings (SSSR count). The molecule has 6 aromatic rings. The number of halogens is 8. The van der Waals surface area contributed by atoms with Gasteiger partial charge in [-0.1, -0.05) is 73.8 Å². The van der Waals surface area contributed by atoms with Crippen LogP contribution in [-0.2, 0) is 52.5 Å². The SMILES string of the molecule is CCOC(=O)C1=C(CN2CCOCC2C(F)(F)CC(=O)O)NC(c2nccs2)=N[C@H]1c1ccc(F)cc1Cl.CCOC(=O)C1=C(CN2CCO[C@H](C(C)C)[C@H]2CC(C)C(=O)O)NC(c2nccs2)=N[C@H]1c1ccc(F)cc1Cl.CCOC(=O)C1=C(CN2CCSC[C@H]2CCC(=O)O)NC(c2nccs2)=N[C@H]1c1ccc(F)cc1Cl. The van der Waals surface area contributed by atoms with Gasteiger partial charge < -0.3 is 55.0 Å². The summed E-state index contributed by atoms with van der Waals surface area (Å²) < 4.78 is 99.1. The van der Waals surface area contributed by atoms with Crippen LogP contribution in [0.25, 0.3) is 0 Å². The summed E-state index contributed by atoms with van der Waals surface area (Å²) in [7, 11) is 0. The van der Waals surface area contributed by atoms with Crippen LogP contribution in [0.5, 0.6) is 0 Å². The number of benzene rings is 3. The molecule has 3 aromatic carbocycles. The van der Waals surface area contributed by atoms with E-state index in [1.54, 1.807) is 63.4 Å². The van der Waals surface area contributed by atoms with Crippen molar-refractivity contribution >= 4 is 134 Å². The minimum Gasteiger partial charge on any atom is -0.481 e. The maximum absolute atomic E-state index is 15.0. The molecule has 612 valence electrons. The Labute approximate surface area is 684 Å². The van der Waals surface area contributed by atoms with Gasteiger partial charge in [-0.2, -0.15) is 11.8 Å². The average Bonchev–Trinajstić information content (AvgIpc) is 1.05. The smallest absolute Gasteiger partial charge is 0.338 e. The van der Waals surface area contributed by atoms with Crippen LogP contribution in [-0.4, -0.2) is 219 Å². The number of morpholine rings is 2. The van der Waals surface area contributed by atoms with E-state index in [2.05, 4.69) is 59.5 Å². The maximum atomic E-state index is 15.0. The number of alkyl halides is 2. The lowest BCUT2D eigenvalue weighted by Gasteiger charge is -2.44. The lowest BCUT2D eigenvalue weighted by atomic mass is 9.89. The third-order valence-corrected chi connectivity index (χ3v) is 23.4. The molecule has 26 nitrogen and oxygen atoms in total. The van der Waals surface area contributed by atoms with Gasteiger partial charge in [-0.25, -0.2) is 51.3 Å². The third-order valence-electron chi connectivity index (χ3n) is 19.0. The summed E-state index contributed by atoms with van der Waals surface area (Å²) in [6.45, 7) is 13.1. The Bertz CT molecular complexity index is 4620. The molecular weight excluding hydrogens is 1630 g/mol. The van der Waals surface area contributed by atoms with E-state index in [0.717, 1.165) is 24.1 Å². The van der Waals surface area contributed by atoms with Crippen LogP contribution < -0.4 is 16.0 Å². The number of carboxylic acids is 3. The van der Waals surface area contributed by atoms with Gasteiger partial charge in [0.25, 0.3) is 5.92 Å². The number of nitrogens with one attached hydrogen (secondary N) is 3. The molecule has 0 bridgehead atoms. The number of rotatable bonds is 28. The topological polar surface area (TPSA) is 331 Å². The monoisotopic (exact) mass is 1720 g/mol. The number of aliphatic imine (C=N–C) groups is 3. The van der Waals surface area contributed by atoms with Crippen molar-refractivity contribution in [2.75, 3.05) is 90.4 Å². The fraction of sp³-hybridized carbons (Fsp3) is 0.447. The first-order chi connectivity index (χ1) is 54.6. The number of aliphatic carboxylic acids is 3. The Kier molecular flexibility index (Phi) is 31.7. The van der Waals surface area contributed by atoms with Gasteiger partial charge in [-0.15, -0.1) is 34.0 Å². The maximum Gasteiger partial charge on any atom is 0.338 e. The van der Waals surface area contributed by atoms with Gasteiger partial charge in [0.1, 0.15) is 42.0 Å². The van der Waals surface area contributed by atoms with Gasteiger partial charge >= 0.3 is 35.8 Å². The van der Waals surface area contributed by atoms with Crippen LogP contribution in [0.3, 0.4) is 0 Å². The minimum absolute atomic E-state index is 0.00690. The Morgan fingerprint density at radius 3 is 1.39 bits per heavy atom. The third kappa shape index (κ3) is 22.4. The molecule has 0 spiro atoms. The van der Waals surface area contributed by atoms with E-state index in [0.29, 0.717) is 92.9 Å². The fourth-order valence-corrected chi connectivity index (χ4v) is 17.4. The molecule has 3 fully saturated rings. The first-order valence-corrected chi connectivity index (χ1v) is 41.3. The van der Waals surface area contributed by atoms with E-state index in [9.17, 15) is 60.9 Å². The Morgan fingerprint density at radius 1 is 0.596 bits per heavy atom. The molecule has 0 aliphatic carbocycles. The second-order valence-electron chi connectivity index (χ2n) is 27.0. The molecule has 3 aromatic heterocycles. The molecule has 0 amide bonds. The molecular formula is C76H84Cl3F5N12O14S4. The summed E-state index contributed by atoms with van der Waals surface area (Å²) in [6.07, 6.45) is 4.25. The van der Waals surface area contributed by atoms with Crippen molar-refractivity contribution in [1.29, 1.82) is 0 Å². The van der Waals surface area contributed by atoms with Gasteiger partial charge in [0.15, 0.2) is 32.5 Å². The second kappa shape index (κ2) is 41.0. The number of nitrogens with zero attached hydrogens (tertiary/aromatic N) is 9. The van der Waals surface area contributed by atoms with E-state index in [-0.39, 0.29) is 114 Å². The van der Waals surface area contributed by atoms with Crippen molar-refractivity contribution in [3.05, 3.63) is 187 Å². The largest absolute Gasteiger partial charge is 0.481 e. The molecule has 0 radical (unpaired) electrons. The van der Waals surface area contributed by atoms with Crippen LogP contribution in [0.4, 0.5) is 22.0 Å². The highest BCUT2D eigenvalue weighted by atomic mass is 35.5. The van der Waals surface area contributed by atoms with Crippen molar-refractivity contribution < 1.29 is 89.7 Å². The summed E-state index contributed by atoms with van der Waals surface area (Å²) in [4.78, 5) is 107. The number of amidine groups is 3. The number of esters is 3. The standard InChI is InChI=1S/C28H34ClFN4O5S.C24H24ClF3N4O5S.C24H26ClFN4O4S2/c1-5-38-28(37)22-20(14-34-9-10-39-24(15(2)3)21(34)12-16(4)27(35)36)32-25(26-31-8-11-40-26)33-23(22)18-7-6-17(30)13-19(18)29;1-2-37-23(35)19-16(11-32-6-7-36-12-17(32)24(27,28)10-18(33)34)30-21(22-29-5-8-38-22)31-20(19)14-4-3-13(26)9-15(14)25;1-2-34-24(33)20-18(12-30-8-10-35-13-15(30)4-6-19(31)32)28-22(23-27-7-9-36-23)29-21(20)16-5-3-14(26)11-17(16)25/h6-8,11,13,15-16,21,23-24H,5,9-10,12,14H2,1-4H3,(H,32,33)(H,35,36);3-5,8-9,17,20H,2,6-7,10-12H2,1H3,(H,30,31)(H,33,34);3,5,7,9,11,15,21H,2,4,6,8,10,12-13H2,1H3,(H,28,29)(H,31,32)/t16?,21-,23+,24-;17?,20-;15-,21+/m101/s1. The Morgan fingerprint density at radius 2 is 1.02 bits per heavy atom. The van der Waals surface area contributed by atoms with E-state index in [1.807, 2.05) is 10.8 Å². The number of thioether (sulfide) groups is 1. The van der Waals surface area contributed by atoms with Gasteiger partial charge in [-0.3, -0.25) is 44.1 Å². The zero-order valence-electron chi connectivity index (χ0n) is 62.6. The molecule has 38 heteroatoms. The van der Waals surface area contributed by atoms with Crippen molar-refractivity contribution in [3.63, 3.8) is 0 Å². The average molecular weight is 1720 g/mol. The molecule has 9 heterocycles.